The van der Waals surface area contributed by atoms with Gasteiger partial charge < -0.3 is 10.2 Å². The monoisotopic (exact) mass is 358 g/mol. The van der Waals surface area contributed by atoms with Crippen LogP contribution < -0.4 is 5.32 Å². The average molecular weight is 358 g/mol. The predicted molar refractivity (Wildman–Crippen MR) is 94.7 cm³/mol. The van der Waals surface area contributed by atoms with Gasteiger partial charge in [0.1, 0.15) is 5.82 Å². The lowest BCUT2D eigenvalue weighted by molar-refractivity contribution is -0.128. The topological polar surface area (TPSA) is 67.2 Å². The Morgan fingerprint density at radius 1 is 1.31 bits per heavy atom. The Morgan fingerprint density at radius 2 is 2.04 bits per heavy atom. The van der Waals surface area contributed by atoms with E-state index in [4.69, 9.17) is 0 Å². The summed E-state index contributed by atoms with van der Waals surface area (Å²) >= 11 is 0. The van der Waals surface area contributed by atoms with Crippen LogP contribution in [0.25, 0.3) is 0 Å². The molecule has 1 saturated heterocycles. The Labute approximate surface area is 152 Å². The maximum Gasteiger partial charge on any atom is 0.225 e. The van der Waals surface area contributed by atoms with Gasteiger partial charge in [-0.2, -0.15) is 5.10 Å². The summed E-state index contributed by atoms with van der Waals surface area (Å²) < 4.78 is 14.8. The summed E-state index contributed by atoms with van der Waals surface area (Å²) in [6.07, 6.45) is 0.622. The number of aryl methyl sites for hydroxylation is 3. The van der Waals surface area contributed by atoms with Crippen molar-refractivity contribution in [3.05, 3.63) is 53.1 Å². The lowest BCUT2D eigenvalue weighted by Gasteiger charge is -2.17. The van der Waals surface area contributed by atoms with Gasteiger partial charge in [-0.3, -0.25) is 14.3 Å². The minimum atomic E-state index is -0.297. The van der Waals surface area contributed by atoms with Crippen LogP contribution in [-0.2, 0) is 22.7 Å². The molecule has 1 atom stereocenters. The van der Waals surface area contributed by atoms with Gasteiger partial charge in [0, 0.05) is 38.2 Å². The highest BCUT2D eigenvalue weighted by Crippen LogP contribution is 2.16. The Morgan fingerprint density at radius 3 is 2.69 bits per heavy atom. The molecule has 7 heteroatoms. The molecule has 1 aromatic heterocycles. The van der Waals surface area contributed by atoms with Gasteiger partial charge in [0.25, 0.3) is 0 Å². The van der Waals surface area contributed by atoms with Gasteiger partial charge in [-0.25, -0.2) is 4.39 Å². The molecule has 3 rings (SSSR count). The number of nitrogens with one attached hydrogen (secondary N) is 1. The number of halogens is 1. The first-order valence-electron chi connectivity index (χ1n) is 8.73. The van der Waals surface area contributed by atoms with Crippen LogP contribution in [0.5, 0.6) is 0 Å². The highest BCUT2D eigenvalue weighted by molar-refractivity contribution is 5.82. The van der Waals surface area contributed by atoms with E-state index in [2.05, 4.69) is 10.4 Å². The van der Waals surface area contributed by atoms with Crippen molar-refractivity contribution in [3.63, 3.8) is 0 Å². The first-order valence-corrected chi connectivity index (χ1v) is 8.73. The Hall–Kier alpha value is -2.70. The molecule has 1 fully saturated rings. The molecule has 138 valence electrons. The minimum Gasteiger partial charge on any atom is -0.351 e. The lowest BCUT2D eigenvalue weighted by atomic mass is 10.2. The molecule has 2 heterocycles. The zero-order valence-electron chi connectivity index (χ0n) is 15.0. The number of nitrogens with zero attached hydrogens (tertiary/aromatic N) is 3. The third-order valence-corrected chi connectivity index (χ3v) is 4.52. The van der Waals surface area contributed by atoms with Gasteiger partial charge in [0.15, 0.2) is 0 Å². The number of aromatic nitrogens is 2. The summed E-state index contributed by atoms with van der Waals surface area (Å²) in [6.45, 7) is 5.30. The van der Waals surface area contributed by atoms with Crippen molar-refractivity contribution >= 4 is 11.8 Å². The molecular formula is C19H23FN4O2. The molecule has 1 aromatic carbocycles. The molecule has 6 nitrogen and oxygen atoms in total. The molecule has 0 saturated carbocycles. The van der Waals surface area contributed by atoms with Crippen LogP contribution in [0.4, 0.5) is 4.39 Å². The fraction of sp³-hybridized carbons (Fsp3) is 0.421. The molecule has 2 aromatic rings. The number of benzene rings is 1. The summed E-state index contributed by atoms with van der Waals surface area (Å²) in [5, 5.41) is 7.27. The van der Waals surface area contributed by atoms with Gasteiger partial charge >= 0.3 is 0 Å². The zero-order chi connectivity index (χ0) is 18.7. The summed E-state index contributed by atoms with van der Waals surface area (Å²) in [6, 6.07) is 7.89. The van der Waals surface area contributed by atoms with Crippen molar-refractivity contribution in [2.75, 3.05) is 6.54 Å². The number of carbonyl (C=O) groups excluding carboxylic acids is 2. The number of carbonyl (C=O) groups is 2. The zero-order valence-corrected chi connectivity index (χ0v) is 15.0. The standard InChI is InChI=1S/C19H23FN4O2/c1-13-9-14(2)24(22-13)8-7-18(25)21-17-10-19(26)23(12-17)11-15-3-5-16(20)6-4-15/h3-6,9,17H,7-8,10-12H2,1-2H3,(H,21,25)/t17-/m0/s1. The van der Waals surface area contributed by atoms with E-state index in [0.29, 0.717) is 32.5 Å². The van der Waals surface area contributed by atoms with E-state index in [0.717, 1.165) is 17.0 Å². The van der Waals surface area contributed by atoms with Gasteiger partial charge in [0.05, 0.1) is 11.7 Å². The normalized spacial score (nSPS) is 17.0. The molecule has 2 amide bonds. The van der Waals surface area contributed by atoms with Crippen LogP contribution in [0.3, 0.4) is 0 Å². The summed E-state index contributed by atoms with van der Waals surface area (Å²) in [5.41, 5.74) is 2.83. The van der Waals surface area contributed by atoms with E-state index in [1.54, 1.807) is 17.0 Å². The minimum absolute atomic E-state index is 0.00169. The van der Waals surface area contributed by atoms with E-state index in [1.807, 2.05) is 24.6 Å². The average Bonchev–Trinajstić information content (AvgIpc) is 3.09. The van der Waals surface area contributed by atoms with Crippen molar-refractivity contribution in [2.24, 2.45) is 0 Å². The van der Waals surface area contributed by atoms with Crippen molar-refractivity contribution in [2.45, 2.75) is 45.8 Å². The van der Waals surface area contributed by atoms with Gasteiger partial charge in [0.2, 0.25) is 11.8 Å². The van der Waals surface area contributed by atoms with E-state index in [9.17, 15) is 14.0 Å². The van der Waals surface area contributed by atoms with E-state index < -0.39 is 0 Å². The summed E-state index contributed by atoms with van der Waals surface area (Å²) in [7, 11) is 0. The fourth-order valence-corrected chi connectivity index (χ4v) is 3.24. The molecular weight excluding hydrogens is 335 g/mol. The number of amides is 2. The molecule has 0 bridgehead atoms. The highest BCUT2D eigenvalue weighted by atomic mass is 19.1. The Kier molecular flexibility index (Phi) is 5.35. The first-order chi connectivity index (χ1) is 12.4. The quantitative estimate of drug-likeness (QED) is 0.858. The van der Waals surface area contributed by atoms with Crippen LogP contribution in [0.15, 0.2) is 30.3 Å². The Balaban J connectivity index is 1.48. The first kappa shape index (κ1) is 18.1. The molecule has 0 radical (unpaired) electrons. The lowest BCUT2D eigenvalue weighted by Crippen LogP contribution is -2.37. The van der Waals surface area contributed by atoms with Crippen molar-refractivity contribution in [3.8, 4) is 0 Å². The molecule has 1 N–H and O–H groups in total. The van der Waals surface area contributed by atoms with Crippen LogP contribution in [-0.4, -0.2) is 39.1 Å². The van der Waals surface area contributed by atoms with Gasteiger partial charge in [-0.1, -0.05) is 12.1 Å². The number of rotatable bonds is 6. The second-order valence-corrected chi connectivity index (χ2v) is 6.77. The highest BCUT2D eigenvalue weighted by Gasteiger charge is 2.30. The van der Waals surface area contributed by atoms with Crippen molar-refractivity contribution < 1.29 is 14.0 Å². The molecule has 0 aliphatic carbocycles. The van der Waals surface area contributed by atoms with Gasteiger partial charge in [-0.05, 0) is 37.6 Å². The second kappa shape index (κ2) is 7.68. The SMILES string of the molecule is Cc1cc(C)n(CCC(=O)N[C@H]2CC(=O)N(Cc3ccc(F)cc3)C2)n1. The van der Waals surface area contributed by atoms with Crippen molar-refractivity contribution in [1.82, 2.24) is 20.0 Å². The van der Waals surface area contributed by atoms with Gasteiger partial charge in [-0.15, -0.1) is 0 Å². The van der Waals surface area contributed by atoms with Crippen LogP contribution in [0, 0.1) is 19.7 Å². The van der Waals surface area contributed by atoms with Crippen LogP contribution >= 0.6 is 0 Å². The molecule has 1 aliphatic rings. The summed E-state index contributed by atoms with van der Waals surface area (Å²) in [4.78, 5) is 26.0. The second-order valence-electron chi connectivity index (χ2n) is 6.77. The van der Waals surface area contributed by atoms with Crippen LogP contribution in [0.1, 0.15) is 29.8 Å². The third-order valence-electron chi connectivity index (χ3n) is 4.52. The number of hydrogen-bond acceptors (Lipinski definition) is 3. The Bertz CT molecular complexity index is 800. The molecule has 26 heavy (non-hydrogen) atoms. The maximum absolute atomic E-state index is 13.0. The van der Waals surface area contributed by atoms with Crippen LogP contribution in [0.2, 0.25) is 0 Å². The number of likely N-dealkylation sites (tertiary alicyclic amines) is 1. The maximum atomic E-state index is 13.0. The van der Waals surface area contributed by atoms with Crippen molar-refractivity contribution in [1.29, 1.82) is 0 Å². The third kappa shape index (κ3) is 4.47. The molecule has 1 aliphatic heterocycles. The smallest absolute Gasteiger partial charge is 0.225 e. The van der Waals surface area contributed by atoms with E-state index in [-0.39, 0.29) is 23.7 Å². The molecule has 0 spiro atoms. The molecule has 0 unspecified atom stereocenters. The fourth-order valence-electron chi connectivity index (χ4n) is 3.24. The van der Waals surface area contributed by atoms with E-state index in [1.165, 1.54) is 12.1 Å². The van der Waals surface area contributed by atoms with E-state index >= 15 is 0 Å². The summed E-state index contributed by atoms with van der Waals surface area (Å²) in [5.74, 6) is -0.383. The predicted octanol–water partition coefficient (Wildman–Crippen LogP) is 1.95. The largest absolute Gasteiger partial charge is 0.351 e. The number of hydrogen-bond donors (Lipinski definition) is 1.